The lowest BCUT2D eigenvalue weighted by Crippen LogP contribution is -2.21. The van der Waals surface area contributed by atoms with Crippen LogP contribution in [-0.2, 0) is 6.54 Å². The van der Waals surface area contributed by atoms with Crippen LogP contribution < -0.4 is 0 Å². The van der Waals surface area contributed by atoms with Gasteiger partial charge in [0.2, 0.25) is 0 Å². The van der Waals surface area contributed by atoms with Crippen LogP contribution in [0, 0.1) is 0 Å². The molecule has 1 saturated carbocycles. The second kappa shape index (κ2) is 3.59. The first-order valence-electron chi connectivity index (χ1n) is 5.71. The van der Waals surface area contributed by atoms with E-state index in [0.29, 0.717) is 5.92 Å². The number of imidazole rings is 1. The number of aromatic nitrogens is 2. The van der Waals surface area contributed by atoms with Crippen LogP contribution >= 0.6 is 15.9 Å². The smallest absolute Gasteiger partial charge is 0.130 e. The monoisotopic (exact) mass is 270 g/mol. The topological polar surface area (TPSA) is 38.0 Å². The number of hydrogen-bond acceptors (Lipinski definition) is 2. The summed E-state index contributed by atoms with van der Waals surface area (Å²) in [5, 5.41) is 9.94. The zero-order valence-corrected chi connectivity index (χ0v) is 10.2. The molecule has 1 aliphatic carbocycles. The van der Waals surface area contributed by atoms with Crippen molar-refractivity contribution in [3.63, 3.8) is 0 Å². The van der Waals surface area contributed by atoms with E-state index in [4.69, 9.17) is 0 Å². The highest BCUT2D eigenvalue weighted by molar-refractivity contribution is 9.10. The Kier molecular flexibility index (Phi) is 2.36. The second-order valence-electron chi connectivity index (χ2n) is 4.58. The van der Waals surface area contributed by atoms with E-state index >= 15 is 0 Å². The van der Waals surface area contributed by atoms with Gasteiger partial charge < -0.3 is 9.67 Å². The van der Waals surface area contributed by atoms with Crippen molar-refractivity contribution in [3.05, 3.63) is 16.1 Å². The molecular weight excluding hydrogens is 256 g/mol. The Bertz CT molecular complexity index is 384. The molecule has 3 rings (SSSR count). The normalized spacial score (nSPS) is 26.1. The van der Waals surface area contributed by atoms with Gasteiger partial charge in [-0.05, 0) is 41.6 Å². The van der Waals surface area contributed by atoms with E-state index in [9.17, 15) is 5.11 Å². The highest BCUT2D eigenvalue weighted by Crippen LogP contribution is 2.40. The standard InChI is InChI=1S/C11H15BrN2O/c12-10-9-8(15)5-2-6-14(9)11(13-10)7-3-1-4-7/h7-8,15H,1-6H2. The molecular formula is C11H15BrN2O. The number of fused-ring (bicyclic) bond motifs is 1. The van der Waals surface area contributed by atoms with Gasteiger partial charge in [-0.2, -0.15) is 0 Å². The quantitative estimate of drug-likeness (QED) is 0.852. The van der Waals surface area contributed by atoms with Crippen LogP contribution in [0.1, 0.15) is 55.6 Å². The molecule has 4 heteroatoms. The second-order valence-corrected chi connectivity index (χ2v) is 5.33. The molecule has 0 saturated heterocycles. The molecule has 1 unspecified atom stereocenters. The molecule has 2 aliphatic rings. The molecule has 0 bridgehead atoms. The molecule has 0 radical (unpaired) electrons. The zero-order valence-electron chi connectivity index (χ0n) is 8.62. The molecule has 1 N–H and O–H groups in total. The largest absolute Gasteiger partial charge is 0.387 e. The maximum atomic E-state index is 9.94. The predicted molar refractivity (Wildman–Crippen MR) is 60.7 cm³/mol. The lowest BCUT2D eigenvalue weighted by Gasteiger charge is -2.28. The molecule has 82 valence electrons. The Morgan fingerprint density at radius 2 is 2.07 bits per heavy atom. The highest BCUT2D eigenvalue weighted by Gasteiger charge is 2.31. The van der Waals surface area contributed by atoms with Gasteiger partial charge in [-0.1, -0.05) is 6.42 Å². The fourth-order valence-electron chi connectivity index (χ4n) is 2.56. The molecule has 1 atom stereocenters. The summed E-state index contributed by atoms with van der Waals surface area (Å²) in [4.78, 5) is 4.58. The summed E-state index contributed by atoms with van der Waals surface area (Å²) in [6.45, 7) is 1.02. The summed E-state index contributed by atoms with van der Waals surface area (Å²) in [5.41, 5.74) is 1.00. The first-order valence-corrected chi connectivity index (χ1v) is 6.50. The number of nitrogens with zero attached hydrogens (tertiary/aromatic N) is 2. The van der Waals surface area contributed by atoms with Crippen LogP contribution in [0.25, 0.3) is 0 Å². The minimum Gasteiger partial charge on any atom is -0.387 e. The van der Waals surface area contributed by atoms with Crippen LogP contribution in [0.5, 0.6) is 0 Å². The Morgan fingerprint density at radius 1 is 1.27 bits per heavy atom. The molecule has 1 aromatic heterocycles. The minimum atomic E-state index is -0.325. The van der Waals surface area contributed by atoms with Crippen molar-refractivity contribution < 1.29 is 5.11 Å². The van der Waals surface area contributed by atoms with E-state index in [0.717, 1.165) is 29.7 Å². The van der Waals surface area contributed by atoms with Gasteiger partial charge in [0.1, 0.15) is 10.4 Å². The van der Waals surface area contributed by atoms with E-state index in [1.165, 1.54) is 25.1 Å². The number of aliphatic hydroxyl groups is 1. The van der Waals surface area contributed by atoms with E-state index in [1.807, 2.05) is 0 Å². The fraction of sp³-hybridized carbons (Fsp3) is 0.727. The Labute approximate surface area is 97.6 Å². The summed E-state index contributed by atoms with van der Waals surface area (Å²) >= 11 is 3.47. The molecule has 1 aliphatic heterocycles. The van der Waals surface area contributed by atoms with Gasteiger partial charge in [0.15, 0.2) is 0 Å². The molecule has 0 amide bonds. The highest BCUT2D eigenvalue weighted by atomic mass is 79.9. The number of rotatable bonds is 1. The number of aliphatic hydroxyl groups excluding tert-OH is 1. The van der Waals surface area contributed by atoms with Crippen LogP contribution in [0.3, 0.4) is 0 Å². The molecule has 15 heavy (non-hydrogen) atoms. The summed E-state index contributed by atoms with van der Waals surface area (Å²) in [6.07, 6.45) is 5.46. The average molecular weight is 271 g/mol. The SMILES string of the molecule is OC1CCCn2c(C3CCC3)nc(Br)c21. The maximum absolute atomic E-state index is 9.94. The van der Waals surface area contributed by atoms with E-state index < -0.39 is 0 Å². The van der Waals surface area contributed by atoms with Crippen LogP contribution in [0.4, 0.5) is 0 Å². The fourth-order valence-corrected chi connectivity index (χ4v) is 3.22. The van der Waals surface area contributed by atoms with E-state index in [2.05, 4.69) is 25.5 Å². The molecule has 2 heterocycles. The lowest BCUT2D eigenvalue weighted by atomic mass is 9.84. The van der Waals surface area contributed by atoms with Crippen molar-refractivity contribution >= 4 is 15.9 Å². The van der Waals surface area contributed by atoms with E-state index in [-0.39, 0.29) is 6.10 Å². The number of hydrogen-bond donors (Lipinski definition) is 1. The average Bonchev–Trinajstić information content (AvgIpc) is 2.43. The van der Waals surface area contributed by atoms with Gasteiger partial charge >= 0.3 is 0 Å². The van der Waals surface area contributed by atoms with E-state index in [1.54, 1.807) is 0 Å². The Hall–Kier alpha value is -0.350. The Balaban J connectivity index is 2.05. The van der Waals surface area contributed by atoms with Crippen LogP contribution in [0.2, 0.25) is 0 Å². The first-order chi connectivity index (χ1) is 7.27. The van der Waals surface area contributed by atoms with Gasteiger partial charge in [0, 0.05) is 12.5 Å². The third-order valence-electron chi connectivity index (χ3n) is 3.64. The third kappa shape index (κ3) is 1.46. The minimum absolute atomic E-state index is 0.325. The van der Waals surface area contributed by atoms with Crippen molar-refractivity contribution in [2.45, 2.75) is 50.7 Å². The molecule has 3 nitrogen and oxygen atoms in total. The number of halogens is 1. The first kappa shape index (κ1) is 9.85. The van der Waals surface area contributed by atoms with Gasteiger partial charge in [-0.25, -0.2) is 4.98 Å². The van der Waals surface area contributed by atoms with Crippen LogP contribution in [0.15, 0.2) is 4.60 Å². The predicted octanol–water partition coefficient (Wildman–Crippen LogP) is 2.74. The third-order valence-corrected chi connectivity index (χ3v) is 4.22. The van der Waals surface area contributed by atoms with Crippen molar-refractivity contribution in [2.24, 2.45) is 0 Å². The lowest BCUT2D eigenvalue weighted by molar-refractivity contribution is 0.136. The summed E-state index contributed by atoms with van der Waals surface area (Å²) in [5.74, 6) is 1.84. The molecule has 1 fully saturated rings. The molecule has 0 aromatic carbocycles. The van der Waals surface area contributed by atoms with Crippen molar-refractivity contribution in [1.82, 2.24) is 9.55 Å². The van der Waals surface area contributed by atoms with Gasteiger partial charge in [0.05, 0.1) is 11.8 Å². The molecule has 0 spiro atoms. The van der Waals surface area contributed by atoms with Crippen molar-refractivity contribution in [2.75, 3.05) is 0 Å². The summed E-state index contributed by atoms with van der Waals surface area (Å²) < 4.78 is 3.10. The summed E-state index contributed by atoms with van der Waals surface area (Å²) in [6, 6.07) is 0. The van der Waals surface area contributed by atoms with Crippen molar-refractivity contribution in [3.8, 4) is 0 Å². The van der Waals surface area contributed by atoms with Crippen LogP contribution in [-0.4, -0.2) is 14.7 Å². The van der Waals surface area contributed by atoms with Gasteiger partial charge in [-0.15, -0.1) is 0 Å². The summed E-state index contributed by atoms with van der Waals surface area (Å²) in [7, 11) is 0. The Morgan fingerprint density at radius 3 is 2.73 bits per heavy atom. The van der Waals surface area contributed by atoms with Crippen molar-refractivity contribution in [1.29, 1.82) is 0 Å². The van der Waals surface area contributed by atoms with Gasteiger partial charge in [0.25, 0.3) is 0 Å². The molecule has 1 aromatic rings. The maximum Gasteiger partial charge on any atom is 0.130 e. The zero-order chi connectivity index (χ0) is 10.4. The van der Waals surface area contributed by atoms with Gasteiger partial charge in [-0.3, -0.25) is 0 Å².